The standard InChI is InChI=1S/C20H23BrN2O2/c1-2-15-10-16(21)8-9-19(15)22-17-11-18(12-17)23-20(24)25-13-14-6-4-3-5-7-14/h3-10,17-18,22H,2,11-13H2,1H3,(H,23,24). The summed E-state index contributed by atoms with van der Waals surface area (Å²) in [4.78, 5) is 11.9. The molecular formula is C20H23BrN2O2. The van der Waals surface area contributed by atoms with Crippen LogP contribution >= 0.6 is 15.9 Å². The summed E-state index contributed by atoms with van der Waals surface area (Å²) >= 11 is 3.51. The van der Waals surface area contributed by atoms with Crippen LogP contribution < -0.4 is 10.6 Å². The van der Waals surface area contributed by atoms with Gasteiger partial charge >= 0.3 is 6.09 Å². The quantitative estimate of drug-likeness (QED) is 0.723. The summed E-state index contributed by atoms with van der Waals surface area (Å²) in [6.07, 6.45) is 2.48. The first kappa shape index (κ1) is 17.8. The normalized spacial score (nSPS) is 19.0. The Hall–Kier alpha value is -2.01. The van der Waals surface area contributed by atoms with E-state index < -0.39 is 0 Å². The fourth-order valence-corrected chi connectivity index (χ4v) is 3.41. The van der Waals surface area contributed by atoms with Gasteiger partial charge in [-0.15, -0.1) is 0 Å². The maximum atomic E-state index is 11.9. The highest BCUT2D eigenvalue weighted by Gasteiger charge is 2.30. The van der Waals surface area contributed by atoms with Gasteiger partial charge in [-0.2, -0.15) is 0 Å². The van der Waals surface area contributed by atoms with Crippen molar-refractivity contribution in [1.82, 2.24) is 5.32 Å². The Kier molecular flexibility index (Phi) is 5.97. The molecule has 1 aliphatic rings. The molecule has 2 N–H and O–H groups in total. The zero-order valence-electron chi connectivity index (χ0n) is 14.3. The van der Waals surface area contributed by atoms with Crippen molar-refractivity contribution in [2.24, 2.45) is 0 Å². The van der Waals surface area contributed by atoms with E-state index in [4.69, 9.17) is 4.74 Å². The summed E-state index contributed by atoms with van der Waals surface area (Å²) in [5.74, 6) is 0. The fourth-order valence-electron chi connectivity index (χ4n) is 3.00. The molecular weight excluding hydrogens is 380 g/mol. The molecule has 0 unspecified atom stereocenters. The summed E-state index contributed by atoms with van der Waals surface area (Å²) in [6, 6.07) is 16.6. The molecule has 132 valence electrons. The SMILES string of the molecule is CCc1cc(Br)ccc1NC1CC(NC(=O)OCc2ccccc2)C1. The highest BCUT2D eigenvalue weighted by molar-refractivity contribution is 9.10. The minimum atomic E-state index is -0.342. The van der Waals surface area contributed by atoms with Gasteiger partial charge in [0.2, 0.25) is 0 Å². The number of carbonyl (C=O) groups excluding carboxylic acids is 1. The first-order chi connectivity index (χ1) is 12.1. The summed E-state index contributed by atoms with van der Waals surface area (Å²) < 4.78 is 6.36. The van der Waals surface area contributed by atoms with Gasteiger partial charge in [-0.1, -0.05) is 53.2 Å². The number of anilines is 1. The van der Waals surface area contributed by atoms with Gasteiger partial charge in [-0.25, -0.2) is 4.79 Å². The molecule has 0 aromatic heterocycles. The maximum Gasteiger partial charge on any atom is 0.407 e. The molecule has 0 atom stereocenters. The lowest BCUT2D eigenvalue weighted by Crippen LogP contribution is -2.49. The first-order valence-electron chi connectivity index (χ1n) is 8.66. The molecule has 4 nitrogen and oxygen atoms in total. The van der Waals surface area contributed by atoms with Gasteiger partial charge in [0, 0.05) is 22.2 Å². The van der Waals surface area contributed by atoms with Crippen molar-refractivity contribution in [3.05, 3.63) is 64.1 Å². The molecule has 0 aliphatic heterocycles. The molecule has 1 saturated carbocycles. The van der Waals surface area contributed by atoms with Gasteiger partial charge in [-0.3, -0.25) is 0 Å². The molecule has 0 saturated heterocycles. The number of hydrogen-bond donors (Lipinski definition) is 2. The van der Waals surface area contributed by atoms with Gasteiger partial charge in [0.1, 0.15) is 6.61 Å². The number of rotatable bonds is 6. The first-order valence-corrected chi connectivity index (χ1v) is 9.45. The molecule has 0 spiro atoms. The third kappa shape index (κ3) is 4.98. The smallest absolute Gasteiger partial charge is 0.407 e. The number of carbonyl (C=O) groups is 1. The van der Waals surface area contributed by atoms with Crippen LogP contribution in [0.15, 0.2) is 53.0 Å². The van der Waals surface area contributed by atoms with Crippen molar-refractivity contribution in [2.45, 2.75) is 44.9 Å². The van der Waals surface area contributed by atoms with E-state index in [1.165, 1.54) is 11.3 Å². The summed E-state index contributed by atoms with van der Waals surface area (Å²) in [7, 11) is 0. The number of benzene rings is 2. The minimum Gasteiger partial charge on any atom is -0.445 e. The van der Waals surface area contributed by atoms with Crippen molar-refractivity contribution in [1.29, 1.82) is 0 Å². The Morgan fingerprint density at radius 2 is 1.92 bits per heavy atom. The minimum absolute atomic E-state index is 0.182. The van der Waals surface area contributed by atoms with E-state index in [0.29, 0.717) is 12.6 Å². The van der Waals surface area contributed by atoms with Crippen LogP contribution in [0.1, 0.15) is 30.9 Å². The van der Waals surface area contributed by atoms with E-state index in [9.17, 15) is 4.79 Å². The molecule has 0 bridgehead atoms. The molecule has 0 radical (unpaired) electrons. The van der Waals surface area contributed by atoms with E-state index in [2.05, 4.69) is 51.7 Å². The zero-order valence-corrected chi connectivity index (χ0v) is 15.9. The highest BCUT2D eigenvalue weighted by atomic mass is 79.9. The Bertz CT molecular complexity index is 715. The second kappa shape index (κ2) is 8.39. The van der Waals surface area contributed by atoms with Gasteiger partial charge < -0.3 is 15.4 Å². The van der Waals surface area contributed by atoms with Crippen LogP contribution in [0.5, 0.6) is 0 Å². The third-order valence-corrected chi connectivity index (χ3v) is 4.97. The number of ether oxygens (including phenoxy) is 1. The predicted octanol–water partition coefficient (Wildman–Crippen LogP) is 4.88. The maximum absolute atomic E-state index is 11.9. The molecule has 3 rings (SSSR count). The van der Waals surface area contributed by atoms with Crippen LogP contribution in [0.2, 0.25) is 0 Å². The van der Waals surface area contributed by atoms with Gasteiger partial charge in [0.05, 0.1) is 0 Å². The van der Waals surface area contributed by atoms with E-state index in [1.807, 2.05) is 30.3 Å². The number of aryl methyl sites for hydroxylation is 1. The van der Waals surface area contributed by atoms with Crippen LogP contribution in [-0.4, -0.2) is 18.2 Å². The molecule has 0 heterocycles. The third-order valence-electron chi connectivity index (χ3n) is 4.48. The number of alkyl carbamates (subject to hydrolysis) is 1. The predicted molar refractivity (Wildman–Crippen MR) is 104 cm³/mol. The average Bonchev–Trinajstić information content (AvgIpc) is 2.60. The average molecular weight is 403 g/mol. The fraction of sp³-hybridized carbons (Fsp3) is 0.350. The van der Waals surface area contributed by atoms with Crippen molar-refractivity contribution >= 4 is 27.7 Å². The summed E-state index contributed by atoms with van der Waals surface area (Å²) in [5, 5.41) is 6.50. The summed E-state index contributed by atoms with van der Waals surface area (Å²) in [6.45, 7) is 2.46. The number of nitrogens with one attached hydrogen (secondary N) is 2. The summed E-state index contributed by atoms with van der Waals surface area (Å²) in [5.41, 5.74) is 3.47. The van der Waals surface area contributed by atoms with Crippen LogP contribution in [0.3, 0.4) is 0 Å². The molecule has 1 amide bonds. The van der Waals surface area contributed by atoms with Crippen LogP contribution in [0, 0.1) is 0 Å². The lowest BCUT2D eigenvalue weighted by Gasteiger charge is -2.37. The number of hydrogen-bond acceptors (Lipinski definition) is 3. The van der Waals surface area contributed by atoms with E-state index in [-0.39, 0.29) is 12.1 Å². The van der Waals surface area contributed by atoms with E-state index in [1.54, 1.807) is 0 Å². The molecule has 1 fully saturated rings. The van der Waals surface area contributed by atoms with E-state index >= 15 is 0 Å². The molecule has 1 aliphatic carbocycles. The van der Waals surface area contributed by atoms with E-state index in [0.717, 1.165) is 29.3 Å². The molecule has 2 aromatic rings. The number of halogens is 1. The second-order valence-electron chi connectivity index (χ2n) is 6.37. The van der Waals surface area contributed by atoms with Crippen LogP contribution in [-0.2, 0) is 17.8 Å². The van der Waals surface area contributed by atoms with Crippen molar-refractivity contribution in [2.75, 3.05) is 5.32 Å². The molecule has 25 heavy (non-hydrogen) atoms. The lowest BCUT2D eigenvalue weighted by molar-refractivity contribution is 0.129. The Morgan fingerprint density at radius 3 is 2.64 bits per heavy atom. The van der Waals surface area contributed by atoms with Crippen molar-refractivity contribution in [3.8, 4) is 0 Å². The molecule has 2 aromatic carbocycles. The van der Waals surface area contributed by atoms with Crippen LogP contribution in [0.4, 0.5) is 10.5 Å². The van der Waals surface area contributed by atoms with Gasteiger partial charge in [0.25, 0.3) is 0 Å². The lowest BCUT2D eigenvalue weighted by atomic mass is 9.86. The zero-order chi connectivity index (χ0) is 17.6. The number of amides is 1. The molecule has 5 heteroatoms. The highest BCUT2D eigenvalue weighted by Crippen LogP contribution is 2.28. The topological polar surface area (TPSA) is 50.4 Å². The Morgan fingerprint density at radius 1 is 1.16 bits per heavy atom. The Balaban J connectivity index is 1.40. The van der Waals surface area contributed by atoms with Gasteiger partial charge in [0.15, 0.2) is 0 Å². The monoisotopic (exact) mass is 402 g/mol. The second-order valence-corrected chi connectivity index (χ2v) is 7.29. The van der Waals surface area contributed by atoms with Crippen LogP contribution in [0.25, 0.3) is 0 Å². The Labute approximate surface area is 157 Å². The van der Waals surface area contributed by atoms with Crippen molar-refractivity contribution in [3.63, 3.8) is 0 Å². The van der Waals surface area contributed by atoms with Crippen molar-refractivity contribution < 1.29 is 9.53 Å². The van der Waals surface area contributed by atoms with Gasteiger partial charge in [-0.05, 0) is 48.6 Å². The largest absolute Gasteiger partial charge is 0.445 e.